The Bertz CT molecular complexity index is 407. The van der Waals surface area contributed by atoms with E-state index >= 15 is 0 Å². The minimum atomic E-state index is 0.00116. The van der Waals surface area contributed by atoms with Crippen molar-refractivity contribution in [3.8, 4) is 0 Å². The van der Waals surface area contributed by atoms with Gasteiger partial charge >= 0.3 is 0 Å². The highest BCUT2D eigenvalue weighted by Crippen LogP contribution is 2.24. The first-order valence-electron chi connectivity index (χ1n) is 6.07. The van der Waals surface area contributed by atoms with Crippen molar-refractivity contribution >= 4 is 11.6 Å². The number of carbonyl (C=O) groups excluding carboxylic acids is 1. The zero-order chi connectivity index (χ0) is 12.6. The van der Waals surface area contributed by atoms with Crippen molar-refractivity contribution in [2.45, 2.75) is 20.3 Å². The molecule has 17 heavy (non-hydrogen) atoms. The van der Waals surface area contributed by atoms with E-state index in [-0.39, 0.29) is 5.91 Å². The number of piperidine rings is 1. The fraction of sp³-hybridized carbons (Fsp3) is 0.667. The zero-order valence-electron chi connectivity index (χ0n) is 10.7. The first kappa shape index (κ1) is 12.0. The summed E-state index contributed by atoms with van der Waals surface area (Å²) in [6, 6.07) is 0. The van der Waals surface area contributed by atoms with Gasteiger partial charge < -0.3 is 10.6 Å². The van der Waals surface area contributed by atoms with Crippen LogP contribution in [0.2, 0.25) is 0 Å². The normalized spacial score (nSPS) is 25.0. The molecule has 0 radical (unpaired) electrons. The van der Waals surface area contributed by atoms with Crippen molar-refractivity contribution in [2.24, 2.45) is 18.9 Å². The van der Waals surface area contributed by atoms with Crippen LogP contribution in [-0.2, 0) is 7.05 Å². The molecule has 2 unspecified atom stereocenters. The molecule has 1 aliphatic rings. The summed E-state index contributed by atoms with van der Waals surface area (Å²) in [6.45, 7) is 6.06. The Hall–Kier alpha value is -1.52. The van der Waals surface area contributed by atoms with Crippen molar-refractivity contribution < 1.29 is 4.79 Å². The van der Waals surface area contributed by atoms with Gasteiger partial charge in [-0.2, -0.15) is 5.10 Å². The van der Waals surface area contributed by atoms with Crippen molar-refractivity contribution in [2.75, 3.05) is 18.8 Å². The zero-order valence-corrected chi connectivity index (χ0v) is 10.7. The predicted molar refractivity (Wildman–Crippen MR) is 66.5 cm³/mol. The lowest BCUT2D eigenvalue weighted by molar-refractivity contribution is 0.0617. The largest absolute Gasteiger partial charge is 0.396 e. The molecule has 1 fully saturated rings. The standard InChI is InChI=1S/C12H20N4O/c1-8-4-5-16(7-9(8)2)12(17)11-10(13)6-14-15(11)3/h6,8-9H,4-5,7,13H2,1-3H3. The monoisotopic (exact) mass is 236 g/mol. The van der Waals surface area contributed by atoms with Crippen LogP contribution < -0.4 is 5.73 Å². The van der Waals surface area contributed by atoms with Gasteiger partial charge in [-0.25, -0.2) is 0 Å². The molecule has 0 bridgehead atoms. The highest BCUT2D eigenvalue weighted by molar-refractivity contribution is 5.97. The third-order valence-electron chi connectivity index (χ3n) is 3.79. The molecule has 0 aromatic carbocycles. The Balaban J connectivity index is 2.16. The second-order valence-electron chi connectivity index (χ2n) is 5.07. The summed E-state index contributed by atoms with van der Waals surface area (Å²) in [7, 11) is 1.75. The number of nitrogens with zero attached hydrogens (tertiary/aromatic N) is 3. The summed E-state index contributed by atoms with van der Waals surface area (Å²) in [5, 5.41) is 4.01. The SMILES string of the molecule is CC1CCN(C(=O)c2c(N)cnn2C)CC1C. The average molecular weight is 236 g/mol. The molecule has 1 saturated heterocycles. The van der Waals surface area contributed by atoms with E-state index in [0.717, 1.165) is 19.5 Å². The number of aryl methyl sites for hydroxylation is 1. The van der Waals surface area contributed by atoms with Gasteiger partial charge in [0.05, 0.1) is 11.9 Å². The van der Waals surface area contributed by atoms with Crippen LogP contribution in [0.3, 0.4) is 0 Å². The predicted octanol–water partition coefficient (Wildman–Crippen LogP) is 1.12. The topological polar surface area (TPSA) is 64.2 Å². The number of hydrogen-bond donors (Lipinski definition) is 1. The molecule has 94 valence electrons. The number of likely N-dealkylation sites (tertiary alicyclic amines) is 1. The molecule has 0 aliphatic carbocycles. The van der Waals surface area contributed by atoms with Gasteiger partial charge in [0.2, 0.25) is 0 Å². The third-order valence-corrected chi connectivity index (χ3v) is 3.79. The van der Waals surface area contributed by atoms with Crippen LogP contribution >= 0.6 is 0 Å². The van der Waals surface area contributed by atoms with Crippen LogP contribution in [-0.4, -0.2) is 33.7 Å². The van der Waals surface area contributed by atoms with E-state index in [9.17, 15) is 4.79 Å². The Morgan fingerprint density at radius 1 is 1.47 bits per heavy atom. The van der Waals surface area contributed by atoms with Crippen molar-refractivity contribution in [1.82, 2.24) is 14.7 Å². The van der Waals surface area contributed by atoms with Gasteiger partial charge in [0, 0.05) is 20.1 Å². The molecular formula is C12H20N4O. The second-order valence-corrected chi connectivity index (χ2v) is 5.07. The number of rotatable bonds is 1. The molecule has 2 rings (SSSR count). The minimum Gasteiger partial charge on any atom is -0.396 e. The lowest BCUT2D eigenvalue weighted by atomic mass is 9.88. The Morgan fingerprint density at radius 3 is 2.71 bits per heavy atom. The number of carbonyl (C=O) groups is 1. The maximum Gasteiger partial charge on any atom is 0.274 e. The van der Waals surface area contributed by atoms with E-state index in [1.807, 2.05) is 4.90 Å². The molecule has 2 N–H and O–H groups in total. The summed E-state index contributed by atoms with van der Waals surface area (Å²) >= 11 is 0. The highest BCUT2D eigenvalue weighted by atomic mass is 16.2. The van der Waals surface area contributed by atoms with Crippen LogP contribution in [0.5, 0.6) is 0 Å². The summed E-state index contributed by atoms with van der Waals surface area (Å²) in [5.41, 5.74) is 6.75. The van der Waals surface area contributed by atoms with Crippen LogP contribution in [0.15, 0.2) is 6.20 Å². The van der Waals surface area contributed by atoms with E-state index < -0.39 is 0 Å². The summed E-state index contributed by atoms with van der Waals surface area (Å²) < 4.78 is 1.56. The number of nitrogen functional groups attached to an aromatic ring is 1. The first-order valence-corrected chi connectivity index (χ1v) is 6.07. The fourth-order valence-electron chi connectivity index (χ4n) is 2.31. The van der Waals surface area contributed by atoms with E-state index in [1.54, 1.807) is 11.7 Å². The fourth-order valence-corrected chi connectivity index (χ4v) is 2.31. The molecule has 2 heterocycles. The van der Waals surface area contributed by atoms with E-state index in [2.05, 4.69) is 18.9 Å². The quantitative estimate of drug-likeness (QED) is 0.794. The molecule has 0 saturated carbocycles. The van der Waals surface area contributed by atoms with E-state index in [1.165, 1.54) is 6.20 Å². The summed E-state index contributed by atoms with van der Waals surface area (Å²) in [4.78, 5) is 14.2. The van der Waals surface area contributed by atoms with Crippen LogP contribution in [0, 0.1) is 11.8 Å². The smallest absolute Gasteiger partial charge is 0.274 e. The maximum atomic E-state index is 12.3. The van der Waals surface area contributed by atoms with Crippen molar-refractivity contribution in [3.63, 3.8) is 0 Å². The van der Waals surface area contributed by atoms with Gasteiger partial charge in [0.25, 0.3) is 5.91 Å². The average Bonchev–Trinajstić information content (AvgIpc) is 2.62. The molecule has 0 spiro atoms. The van der Waals surface area contributed by atoms with Crippen LogP contribution in [0.25, 0.3) is 0 Å². The van der Waals surface area contributed by atoms with Gasteiger partial charge in [-0.15, -0.1) is 0 Å². The first-order chi connectivity index (χ1) is 8.00. The molecule has 1 aromatic rings. The Morgan fingerprint density at radius 2 is 2.18 bits per heavy atom. The lowest BCUT2D eigenvalue weighted by Gasteiger charge is -2.35. The summed E-state index contributed by atoms with van der Waals surface area (Å²) in [6.07, 6.45) is 2.59. The minimum absolute atomic E-state index is 0.00116. The van der Waals surface area contributed by atoms with Gasteiger partial charge in [-0.3, -0.25) is 9.48 Å². The Labute approximate surface area is 102 Å². The van der Waals surface area contributed by atoms with Gasteiger partial charge in [-0.05, 0) is 18.3 Å². The van der Waals surface area contributed by atoms with E-state index in [0.29, 0.717) is 23.2 Å². The Kier molecular flexibility index (Phi) is 3.09. The van der Waals surface area contributed by atoms with Crippen LogP contribution in [0.4, 0.5) is 5.69 Å². The number of hydrogen-bond acceptors (Lipinski definition) is 3. The lowest BCUT2D eigenvalue weighted by Crippen LogP contribution is -2.43. The highest BCUT2D eigenvalue weighted by Gasteiger charge is 2.28. The molecule has 1 aliphatic heterocycles. The summed E-state index contributed by atoms with van der Waals surface area (Å²) in [5.74, 6) is 1.23. The third kappa shape index (κ3) is 2.14. The van der Waals surface area contributed by atoms with E-state index in [4.69, 9.17) is 5.73 Å². The molecule has 5 heteroatoms. The molecular weight excluding hydrogens is 216 g/mol. The molecule has 1 amide bonds. The molecule has 1 aromatic heterocycles. The van der Waals surface area contributed by atoms with Crippen molar-refractivity contribution in [1.29, 1.82) is 0 Å². The second kappa shape index (κ2) is 4.39. The van der Waals surface area contributed by atoms with Gasteiger partial charge in [0.1, 0.15) is 5.69 Å². The van der Waals surface area contributed by atoms with Gasteiger partial charge in [0.15, 0.2) is 0 Å². The number of aromatic nitrogens is 2. The number of anilines is 1. The number of nitrogens with two attached hydrogens (primary N) is 1. The maximum absolute atomic E-state index is 12.3. The van der Waals surface area contributed by atoms with Crippen LogP contribution in [0.1, 0.15) is 30.8 Å². The molecule has 5 nitrogen and oxygen atoms in total. The van der Waals surface area contributed by atoms with Gasteiger partial charge in [-0.1, -0.05) is 13.8 Å². The van der Waals surface area contributed by atoms with Crippen molar-refractivity contribution in [3.05, 3.63) is 11.9 Å². The number of amides is 1. The molecule has 2 atom stereocenters.